The number of nitrogens with zero attached hydrogens (tertiary/aromatic N) is 2. The largest absolute Gasteiger partial charge is 0.481 e. The zero-order valence-electron chi connectivity index (χ0n) is 9.97. The highest BCUT2D eigenvalue weighted by Gasteiger charge is 2.08. The Hall–Kier alpha value is -1.92. The Labute approximate surface area is 114 Å². The molecule has 0 atom stereocenters. The molecule has 0 aliphatic carbocycles. The number of aliphatic carboxylic acids is 1. The van der Waals surface area contributed by atoms with Crippen LogP contribution < -0.4 is 5.32 Å². The van der Waals surface area contributed by atoms with Crippen molar-refractivity contribution < 1.29 is 14.3 Å². The zero-order chi connectivity index (χ0) is 13.7. The van der Waals surface area contributed by atoms with Crippen LogP contribution in [0.4, 0.5) is 0 Å². The van der Waals surface area contributed by atoms with Gasteiger partial charge in [0, 0.05) is 17.1 Å². The molecule has 7 heteroatoms. The predicted octanol–water partition coefficient (Wildman–Crippen LogP) is 1.95. The molecular formula is C12H12ClN3O3. The van der Waals surface area contributed by atoms with E-state index in [-0.39, 0.29) is 6.42 Å². The van der Waals surface area contributed by atoms with Crippen LogP contribution in [0.25, 0.3) is 11.5 Å². The molecule has 1 heterocycles. The third kappa shape index (κ3) is 4.04. The highest BCUT2D eigenvalue weighted by Crippen LogP contribution is 2.21. The van der Waals surface area contributed by atoms with Crippen molar-refractivity contribution in [2.75, 3.05) is 6.54 Å². The second-order valence-corrected chi connectivity index (χ2v) is 4.27. The average Bonchev–Trinajstić information content (AvgIpc) is 2.83. The van der Waals surface area contributed by atoms with Crippen LogP contribution in [0.1, 0.15) is 12.3 Å². The van der Waals surface area contributed by atoms with Crippen LogP contribution in [0.3, 0.4) is 0 Å². The first-order chi connectivity index (χ1) is 9.15. The Balaban J connectivity index is 1.94. The summed E-state index contributed by atoms with van der Waals surface area (Å²) in [6.07, 6.45) is 0.0509. The minimum Gasteiger partial charge on any atom is -0.481 e. The first-order valence-electron chi connectivity index (χ1n) is 5.66. The summed E-state index contributed by atoms with van der Waals surface area (Å²) in [7, 11) is 0. The molecule has 0 saturated carbocycles. The lowest BCUT2D eigenvalue weighted by atomic mass is 10.2. The molecule has 100 valence electrons. The number of halogens is 1. The first-order valence-corrected chi connectivity index (χ1v) is 6.04. The van der Waals surface area contributed by atoms with Gasteiger partial charge in [-0.3, -0.25) is 4.79 Å². The van der Waals surface area contributed by atoms with Gasteiger partial charge >= 0.3 is 5.97 Å². The standard InChI is InChI=1S/C12H12ClN3O3/c13-9-3-1-2-8(6-9)12-16-15-10(19-12)7-14-5-4-11(17)18/h1-3,6,14H,4-5,7H2,(H,17,18). The van der Waals surface area contributed by atoms with Gasteiger partial charge in [-0.2, -0.15) is 0 Å². The van der Waals surface area contributed by atoms with Gasteiger partial charge in [0.1, 0.15) is 0 Å². The number of carboxylic acid groups (broad SMARTS) is 1. The van der Waals surface area contributed by atoms with Gasteiger partial charge in [-0.1, -0.05) is 17.7 Å². The number of hydrogen-bond acceptors (Lipinski definition) is 5. The van der Waals surface area contributed by atoms with E-state index in [1.54, 1.807) is 18.2 Å². The summed E-state index contributed by atoms with van der Waals surface area (Å²) in [5.74, 6) is -0.0597. The molecular weight excluding hydrogens is 270 g/mol. The van der Waals surface area contributed by atoms with E-state index in [0.29, 0.717) is 29.9 Å². The van der Waals surface area contributed by atoms with Crippen molar-refractivity contribution in [3.8, 4) is 11.5 Å². The average molecular weight is 282 g/mol. The maximum Gasteiger partial charge on any atom is 0.304 e. The fraction of sp³-hybridized carbons (Fsp3) is 0.250. The van der Waals surface area contributed by atoms with E-state index in [9.17, 15) is 4.79 Å². The van der Waals surface area contributed by atoms with Crippen molar-refractivity contribution in [1.82, 2.24) is 15.5 Å². The van der Waals surface area contributed by atoms with Crippen LogP contribution in [0, 0.1) is 0 Å². The quantitative estimate of drug-likeness (QED) is 0.787. The molecule has 19 heavy (non-hydrogen) atoms. The normalized spacial score (nSPS) is 10.6. The van der Waals surface area contributed by atoms with Gasteiger partial charge in [-0.05, 0) is 18.2 Å². The number of carbonyl (C=O) groups is 1. The Morgan fingerprint density at radius 1 is 1.42 bits per heavy atom. The van der Waals surface area contributed by atoms with E-state index >= 15 is 0 Å². The second-order valence-electron chi connectivity index (χ2n) is 3.83. The molecule has 0 fully saturated rings. The van der Waals surface area contributed by atoms with Gasteiger partial charge in [-0.15, -0.1) is 10.2 Å². The lowest BCUT2D eigenvalue weighted by molar-refractivity contribution is -0.136. The maximum atomic E-state index is 10.3. The summed E-state index contributed by atoms with van der Waals surface area (Å²) in [6, 6.07) is 7.11. The summed E-state index contributed by atoms with van der Waals surface area (Å²) in [5, 5.41) is 19.8. The molecule has 1 aromatic carbocycles. The Morgan fingerprint density at radius 3 is 3.00 bits per heavy atom. The predicted molar refractivity (Wildman–Crippen MR) is 68.7 cm³/mol. The molecule has 2 rings (SSSR count). The number of hydrogen-bond donors (Lipinski definition) is 2. The topological polar surface area (TPSA) is 88.2 Å². The smallest absolute Gasteiger partial charge is 0.304 e. The van der Waals surface area contributed by atoms with E-state index in [0.717, 1.165) is 5.56 Å². The van der Waals surface area contributed by atoms with E-state index in [2.05, 4.69) is 15.5 Å². The fourth-order valence-electron chi connectivity index (χ4n) is 1.45. The van der Waals surface area contributed by atoms with Crippen LogP contribution in [0.15, 0.2) is 28.7 Å². The molecule has 0 saturated heterocycles. The van der Waals surface area contributed by atoms with Crippen LogP contribution >= 0.6 is 11.6 Å². The van der Waals surface area contributed by atoms with Gasteiger partial charge in [0.15, 0.2) is 0 Å². The number of carboxylic acids is 1. The minimum absolute atomic E-state index is 0.0509. The van der Waals surface area contributed by atoms with Gasteiger partial charge in [-0.25, -0.2) is 0 Å². The SMILES string of the molecule is O=C(O)CCNCc1nnc(-c2cccc(Cl)c2)o1. The molecule has 0 spiro atoms. The lowest BCUT2D eigenvalue weighted by Crippen LogP contribution is -2.17. The molecule has 0 aliphatic rings. The summed E-state index contributed by atoms with van der Waals surface area (Å²) in [4.78, 5) is 10.3. The highest BCUT2D eigenvalue weighted by atomic mass is 35.5. The van der Waals surface area contributed by atoms with Gasteiger partial charge in [0.25, 0.3) is 0 Å². The Bertz CT molecular complexity index is 571. The molecule has 1 aromatic heterocycles. The molecule has 6 nitrogen and oxygen atoms in total. The third-order valence-corrected chi connectivity index (χ3v) is 2.57. The number of rotatable bonds is 6. The van der Waals surface area contributed by atoms with Crippen molar-refractivity contribution >= 4 is 17.6 Å². The van der Waals surface area contributed by atoms with E-state index in [1.165, 1.54) is 0 Å². The summed E-state index contributed by atoms with van der Waals surface area (Å²) >= 11 is 5.88. The molecule has 0 amide bonds. The van der Waals surface area contributed by atoms with Crippen molar-refractivity contribution in [3.63, 3.8) is 0 Å². The number of nitrogens with one attached hydrogen (secondary N) is 1. The second kappa shape index (κ2) is 6.31. The van der Waals surface area contributed by atoms with Crippen molar-refractivity contribution in [2.24, 2.45) is 0 Å². The van der Waals surface area contributed by atoms with Crippen LogP contribution in [-0.2, 0) is 11.3 Å². The van der Waals surface area contributed by atoms with Crippen LogP contribution in [0.5, 0.6) is 0 Å². The highest BCUT2D eigenvalue weighted by molar-refractivity contribution is 6.30. The van der Waals surface area contributed by atoms with Crippen molar-refractivity contribution in [2.45, 2.75) is 13.0 Å². The van der Waals surface area contributed by atoms with Crippen LogP contribution in [-0.4, -0.2) is 27.8 Å². The maximum absolute atomic E-state index is 10.3. The van der Waals surface area contributed by atoms with Crippen LogP contribution in [0.2, 0.25) is 5.02 Å². The van der Waals surface area contributed by atoms with Gasteiger partial charge in [0.05, 0.1) is 13.0 Å². The minimum atomic E-state index is -0.849. The number of aromatic nitrogens is 2. The van der Waals surface area contributed by atoms with Crippen molar-refractivity contribution in [1.29, 1.82) is 0 Å². The monoisotopic (exact) mass is 281 g/mol. The fourth-order valence-corrected chi connectivity index (χ4v) is 1.64. The lowest BCUT2D eigenvalue weighted by Gasteiger charge is -1.98. The molecule has 0 radical (unpaired) electrons. The van der Waals surface area contributed by atoms with E-state index in [4.69, 9.17) is 21.1 Å². The molecule has 2 aromatic rings. The first kappa shape index (κ1) is 13.5. The summed E-state index contributed by atoms with van der Waals surface area (Å²) in [6.45, 7) is 0.686. The molecule has 0 aliphatic heterocycles. The van der Waals surface area contributed by atoms with Gasteiger partial charge in [0.2, 0.25) is 11.8 Å². The zero-order valence-corrected chi connectivity index (χ0v) is 10.7. The number of benzene rings is 1. The van der Waals surface area contributed by atoms with Gasteiger partial charge < -0.3 is 14.8 Å². The summed E-state index contributed by atoms with van der Waals surface area (Å²) in [5.41, 5.74) is 0.747. The van der Waals surface area contributed by atoms with E-state index < -0.39 is 5.97 Å². The van der Waals surface area contributed by atoms with Crippen molar-refractivity contribution in [3.05, 3.63) is 35.2 Å². The Kier molecular flexibility index (Phi) is 4.48. The Morgan fingerprint density at radius 2 is 2.26 bits per heavy atom. The molecule has 2 N–H and O–H groups in total. The third-order valence-electron chi connectivity index (χ3n) is 2.33. The van der Waals surface area contributed by atoms with E-state index in [1.807, 2.05) is 6.07 Å². The molecule has 0 unspecified atom stereocenters. The summed E-state index contributed by atoms with van der Waals surface area (Å²) < 4.78 is 5.44. The molecule has 0 bridgehead atoms.